The fourth-order valence-electron chi connectivity index (χ4n) is 3.78. The van der Waals surface area contributed by atoms with E-state index in [0.717, 1.165) is 22.0 Å². The Labute approximate surface area is 185 Å². The number of rotatable bonds is 7. The maximum Gasteiger partial charge on any atom is 0.240 e. The fraction of sp³-hybridized carbons (Fsp3) is 0.250. The summed E-state index contributed by atoms with van der Waals surface area (Å²) in [5.74, 6) is 0.369. The smallest absolute Gasteiger partial charge is 0.240 e. The first-order valence-corrected chi connectivity index (χ1v) is 10.2. The lowest BCUT2D eigenvalue weighted by molar-refractivity contribution is -0.132. The molecular formula is C24H24FN3O4. The first-order valence-electron chi connectivity index (χ1n) is 10.2. The van der Waals surface area contributed by atoms with E-state index >= 15 is 0 Å². The van der Waals surface area contributed by atoms with Crippen LogP contribution in [-0.4, -0.2) is 48.6 Å². The summed E-state index contributed by atoms with van der Waals surface area (Å²) in [4.78, 5) is 26.5. The van der Waals surface area contributed by atoms with Crippen molar-refractivity contribution in [1.29, 1.82) is 0 Å². The summed E-state index contributed by atoms with van der Waals surface area (Å²) in [7, 11) is 3.10. The molecule has 0 fully saturated rings. The monoisotopic (exact) mass is 437 g/mol. The molecule has 0 spiro atoms. The van der Waals surface area contributed by atoms with Crippen molar-refractivity contribution in [3.8, 4) is 11.5 Å². The van der Waals surface area contributed by atoms with Gasteiger partial charge in [0.05, 0.1) is 26.2 Å². The number of hydrogen-bond donors (Lipinski definition) is 1. The van der Waals surface area contributed by atoms with Crippen molar-refractivity contribution < 1.29 is 23.5 Å². The Hall–Kier alpha value is -3.81. The summed E-state index contributed by atoms with van der Waals surface area (Å²) in [5, 5.41) is 3.76. The highest BCUT2D eigenvalue weighted by Gasteiger charge is 2.21. The number of aromatic nitrogens is 1. The molecule has 0 aliphatic carbocycles. The van der Waals surface area contributed by atoms with Gasteiger partial charge in [0.15, 0.2) is 11.5 Å². The summed E-state index contributed by atoms with van der Waals surface area (Å²) in [6.07, 6.45) is 5.41. The first-order chi connectivity index (χ1) is 15.5. The molecule has 166 valence electrons. The Morgan fingerprint density at radius 3 is 2.69 bits per heavy atom. The minimum atomic E-state index is -0.302. The molecular weight excluding hydrogens is 413 g/mol. The van der Waals surface area contributed by atoms with Crippen LogP contribution in [0.25, 0.3) is 17.0 Å². The molecule has 2 heterocycles. The Kier molecular flexibility index (Phi) is 6.11. The fourth-order valence-corrected chi connectivity index (χ4v) is 3.78. The van der Waals surface area contributed by atoms with Crippen LogP contribution in [0.4, 0.5) is 4.39 Å². The van der Waals surface area contributed by atoms with E-state index in [2.05, 4.69) is 5.32 Å². The zero-order valence-corrected chi connectivity index (χ0v) is 17.9. The highest BCUT2D eigenvalue weighted by molar-refractivity contribution is 5.89. The van der Waals surface area contributed by atoms with E-state index < -0.39 is 0 Å². The maximum absolute atomic E-state index is 13.5. The van der Waals surface area contributed by atoms with Crippen molar-refractivity contribution in [2.75, 3.05) is 27.3 Å². The van der Waals surface area contributed by atoms with Crippen molar-refractivity contribution in [3.05, 3.63) is 65.7 Å². The van der Waals surface area contributed by atoms with E-state index in [9.17, 15) is 14.0 Å². The third-order valence-electron chi connectivity index (χ3n) is 5.47. The minimum absolute atomic E-state index is 0.0847. The molecule has 1 aromatic heterocycles. The number of hydrogen-bond acceptors (Lipinski definition) is 4. The van der Waals surface area contributed by atoms with Crippen molar-refractivity contribution in [1.82, 2.24) is 14.8 Å². The summed E-state index contributed by atoms with van der Waals surface area (Å²) >= 11 is 0. The second-order valence-electron chi connectivity index (χ2n) is 7.48. The molecule has 4 rings (SSSR count). The number of nitrogens with zero attached hydrogens (tertiary/aromatic N) is 2. The predicted octanol–water partition coefficient (Wildman–Crippen LogP) is 2.97. The molecule has 1 aliphatic rings. The van der Waals surface area contributed by atoms with E-state index in [0.29, 0.717) is 24.6 Å². The standard InChI is InChI=1S/C24H24FN3O4/c1-31-21-11-17-6-9-28(24(30)13-18(17)12-22(21)32-2)15-23(29)26-7-10-27-8-5-16-3-4-19(25)14-20(16)27/h3-6,8-9,11-12,14H,7,10,13,15H2,1-2H3,(H,26,29). The van der Waals surface area contributed by atoms with E-state index in [4.69, 9.17) is 9.47 Å². The molecule has 7 nitrogen and oxygen atoms in total. The lowest BCUT2D eigenvalue weighted by Gasteiger charge is -2.17. The number of halogens is 1. The van der Waals surface area contributed by atoms with Gasteiger partial charge in [0.25, 0.3) is 0 Å². The Morgan fingerprint density at radius 2 is 1.91 bits per heavy atom. The molecule has 0 saturated carbocycles. The summed E-state index contributed by atoms with van der Waals surface area (Å²) in [6, 6.07) is 10.1. The molecule has 0 saturated heterocycles. The molecule has 0 radical (unpaired) electrons. The van der Waals surface area contributed by atoms with Gasteiger partial charge in [0, 0.05) is 25.5 Å². The zero-order valence-electron chi connectivity index (χ0n) is 17.9. The number of amides is 2. The number of nitrogens with one attached hydrogen (secondary N) is 1. The van der Waals surface area contributed by atoms with Gasteiger partial charge in [-0.3, -0.25) is 9.59 Å². The van der Waals surface area contributed by atoms with Crippen LogP contribution in [0.15, 0.2) is 48.8 Å². The molecule has 1 N–H and O–H groups in total. The van der Waals surface area contributed by atoms with E-state index in [1.54, 1.807) is 38.6 Å². The number of benzene rings is 2. The van der Waals surface area contributed by atoms with Crippen LogP contribution < -0.4 is 14.8 Å². The van der Waals surface area contributed by atoms with Gasteiger partial charge in [-0.2, -0.15) is 0 Å². The van der Waals surface area contributed by atoms with Crippen LogP contribution in [0.2, 0.25) is 0 Å². The first kappa shape index (κ1) is 21.4. The highest BCUT2D eigenvalue weighted by atomic mass is 19.1. The number of fused-ring (bicyclic) bond motifs is 2. The highest BCUT2D eigenvalue weighted by Crippen LogP contribution is 2.32. The quantitative estimate of drug-likeness (QED) is 0.617. The van der Waals surface area contributed by atoms with Gasteiger partial charge in [-0.05, 0) is 59.0 Å². The lowest BCUT2D eigenvalue weighted by Crippen LogP contribution is -2.39. The normalized spacial score (nSPS) is 13.1. The minimum Gasteiger partial charge on any atom is -0.493 e. The SMILES string of the molecule is COc1cc2c(cc1OC)CC(=O)N(CC(=O)NCCn1ccc3ccc(F)cc31)C=C2. The van der Waals surface area contributed by atoms with Gasteiger partial charge in [0.1, 0.15) is 12.4 Å². The zero-order chi connectivity index (χ0) is 22.7. The maximum atomic E-state index is 13.5. The average molecular weight is 437 g/mol. The molecule has 0 bridgehead atoms. The van der Waals surface area contributed by atoms with Gasteiger partial charge in [-0.15, -0.1) is 0 Å². The molecule has 3 aromatic rings. The summed E-state index contributed by atoms with van der Waals surface area (Å²) in [5.41, 5.74) is 2.41. The largest absolute Gasteiger partial charge is 0.493 e. The molecule has 2 amide bonds. The Balaban J connectivity index is 1.36. The molecule has 2 aromatic carbocycles. The molecule has 1 aliphatic heterocycles. The van der Waals surface area contributed by atoms with Gasteiger partial charge in [-0.1, -0.05) is 0 Å². The third kappa shape index (κ3) is 4.44. The lowest BCUT2D eigenvalue weighted by atomic mass is 10.0. The number of methoxy groups -OCH3 is 2. The Morgan fingerprint density at radius 1 is 1.12 bits per heavy atom. The van der Waals surface area contributed by atoms with Crippen molar-refractivity contribution in [3.63, 3.8) is 0 Å². The topological polar surface area (TPSA) is 72.8 Å². The predicted molar refractivity (Wildman–Crippen MR) is 119 cm³/mol. The summed E-state index contributed by atoms with van der Waals surface area (Å²) < 4.78 is 26.0. The van der Waals surface area contributed by atoms with Crippen LogP contribution in [0, 0.1) is 5.82 Å². The Bertz CT molecular complexity index is 1200. The average Bonchev–Trinajstić information content (AvgIpc) is 3.11. The van der Waals surface area contributed by atoms with Crippen molar-refractivity contribution in [2.45, 2.75) is 13.0 Å². The number of carbonyl (C=O) groups excluding carboxylic acids is 2. The van der Waals surface area contributed by atoms with Gasteiger partial charge in [-0.25, -0.2) is 4.39 Å². The van der Waals surface area contributed by atoms with E-state index in [-0.39, 0.29) is 30.6 Å². The second kappa shape index (κ2) is 9.13. The van der Waals surface area contributed by atoms with Crippen LogP contribution in [0.1, 0.15) is 11.1 Å². The third-order valence-corrected chi connectivity index (χ3v) is 5.47. The van der Waals surface area contributed by atoms with Gasteiger partial charge < -0.3 is 24.3 Å². The van der Waals surface area contributed by atoms with Crippen molar-refractivity contribution >= 4 is 28.8 Å². The van der Waals surface area contributed by atoms with Crippen LogP contribution in [0.3, 0.4) is 0 Å². The molecule has 8 heteroatoms. The van der Waals surface area contributed by atoms with Gasteiger partial charge in [0.2, 0.25) is 11.8 Å². The van der Waals surface area contributed by atoms with E-state index in [1.807, 2.05) is 22.9 Å². The van der Waals surface area contributed by atoms with Crippen LogP contribution in [0.5, 0.6) is 11.5 Å². The van der Waals surface area contributed by atoms with Gasteiger partial charge >= 0.3 is 0 Å². The number of carbonyl (C=O) groups is 2. The number of ether oxygens (including phenoxy) is 2. The summed E-state index contributed by atoms with van der Waals surface area (Å²) in [6.45, 7) is 0.769. The van der Waals surface area contributed by atoms with Crippen LogP contribution in [-0.2, 0) is 22.6 Å². The van der Waals surface area contributed by atoms with E-state index in [1.165, 1.54) is 17.0 Å². The second-order valence-corrected chi connectivity index (χ2v) is 7.48. The molecule has 0 unspecified atom stereocenters. The molecule has 32 heavy (non-hydrogen) atoms. The van der Waals surface area contributed by atoms with Crippen LogP contribution >= 0.6 is 0 Å². The molecule has 0 atom stereocenters. The van der Waals surface area contributed by atoms with Crippen molar-refractivity contribution in [2.24, 2.45) is 0 Å².